The van der Waals surface area contributed by atoms with Gasteiger partial charge in [0.05, 0.1) is 5.56 Å². The first kappa shape index (κ1) is 13.8. The molecule has 0 spiro atoms. The highest BCUT2D eigenvalue weighted by molar-refractivity contribution is 7.98. The molecule has 0 aliphatic rings. The van der Waals surface area contributed by atoms with Crippen LogP contribution in [0.5, 0.6) is 0 Å². The number of anilines is 1. The predicted octanol–water partition coefficient (Wildman–Crippen LogP) is 2.51. The molecule has 0 saturated heterocycles. The fourth-order valence-corrected chi connectivity index (χ4v) is 2.09. The third kappa shape index (κ3) is 4.26. The first-order chi connectivity index (χ1) is 8.06. The van der Waals surface area contributed by atoms with Crippen molar-refractivity contribution >= 4 is 23.5 Å². The Morgan fingerprint density at radius 2 is 2.29 bits per heavy atom. The largest absolute Gasteiger partial charge is 0.478 e. The number of aryl methyl sites for hydroxylation is 1. The smallest absolute Gasteiger partial charge is 0.335 e. The number of aromatic carboxylic acids is 1. The highest BCUT2D eigenvalue weighted by Gasteiger charge is 2.09. The van der Waals surface area contributed by atoms with Crippen molar-refractivity contribution in [1.82, 2.24) is 4.98 Å². The quantitative estimate of drug-likeness (QED) is 0.816. The molecule has 1 atom stereocenters. The van der Waals surface area contributed by atoms with Crippen LogP contribution in [0.25, 0.3) is 0 Å². The lowest BCUT2D eigenvalue weighted by Gasteiger charge is -2.14. The van der Waals surface area contributed by atoms with Crippen molar-refractivity contribution in [2.45, 2.75) is 26.3 Å². The SMILES string of the molecule is CCc1cc(C(=O)O)cc(NC(C)CSC)n1. The lowest BCUT2D eigenvalue weighted by molar-refractivity contribution is 0.0696. The molecule has 0 aromatic carbocycles. The number of rotatable bonds is 6. The molecule has 4 nitrogen and oxygen atoms in total. The van der Waals surface area contributed by atoms with E-state index in [2.05, 4.69) is 17.2 Å². The second kappa shape index (κ2) is 6.49. The van der Waals surface area contributed by atoms with E-state index in [1.807, 2.05) is 13.2 Å². The van der Waals surface area contributed by atoms with Crippen molar-refractivity contribution in [1.29, 1.82) is 0 Å². The van der Waals surface area contributed by atoms with Gasteiger partial charge in [-0.25, -0.2) is 9.78 Å². The number of hydrogen-bond acceptors (Lipinski definition) is 4. The first-order valence-electron chi connectivity index (χ1n) is 5.56. The van der Waals surface area contributed by atoms with Gasteiger partial charge in [0.25, 0.3) is 0 Å². The Balaban J connectivity index is 2.90. The number of nitrogens with one attached hydrogen (secondary N) is 1. The summed E-state index contributed by atoms with van der Waals surface area (Å²) < 4.78 is 0. The molecule has 1 aromatic rings. The van der Waals surface area contributed by atoms with Crippen LogP contribution in [0, 0.1) is 0 Å². The van der Waals surface area contributed by atoms with Crippen LogP contribution in [0.3, 0.4) is 0 Å². The lowest BCUT2D eigenvalue weighted by Crippen LogP contribution is -2.19. The van der Waals surface area contributed by atoms with Crippen LogP contribution < -0.4 is 5.32 Å². The maximum Gasteiger partial charge on any atom is 0.335 e. The van der Waals surface area contributed by atoms with E-state index in [0.717, 1.165) is 17.9 Å². The Morgan fingerprint density at radius 3 is 2.82 bits per heavy atom. The summed E-state index contributed by atoms with van der Waals surface area (Å²) in [5.41, 5.74) is 1.08. The highest BCUT2D eigenvalue weighted by Crippen LogP contribution is 2.13. The van der Waals surface area contributed by atoms with Gasteiger partial charge in [0.15, 0.2) is 0 Å². The minimum absolute atomic E-state index is 0.270. The first-order valence-corrected chi connectivity index (χ1v) is 6.96. The van der Waals surface area contributed by atoms with Gasteiger partial charge in [-0.05, 0) is 31.7 Å². The highest BCUT2D eigenvalue weighted by atomic mass is 32.2. The Bertz CT molecular complexity index is 396. The second-order valence-corrected chi connectivity index (χ2v) is 4.80. The van der Waals surface area contributed by atoms with Crippen LogP contribution in [0.15, 0.2) is 12.1 Å². The van der Waals surface area contributed by atoms with E-state index in [0.29, 0.717) is 5.82 Å². The number of hydrogen-bond donors (Lipinski definition) is 2. The van der Waals surface area contributed by atoms with Crippen LogP contribution in [-0.4, -0.2) is 34.1 Å². The summed E-state index contributed by atoms with van der Waals surface area (Å²) in [7, 11) is 0. The van der Waals surface area contributed by atoms with E-state index in [-0.39, 0.29) is 11.6 Å². The number of carboxylic acids is 1. The summed E-state index contributed by atoms with van der Waals surface area (Å²) in [5.74, 6) is 0.687. The van der Waals surface area contributed by atoms with Gasteiger partial charge in [-0.3, -0.25) is 0 Å². The summed E-state index contributed by atoms with van der Waals surface area (Å²) in [6, 6.07) is 3.47. The molecule has 0 saturated carbocycles. The Labute approximate surface area is 106 Å². The fourth-order valence-electron chi connectivity index (χ4n) is 1.51. The van der Waals surface area contributed by atoms with Crippen molar-refractivity contribution in [3.8, 4) is 0 Å². The maximum absolute atomic E-state index is 11.0. The number of carboxylic acid groups (broad SMARTS) is 1. The van der Waals surface area contributed by atoms with E-state index >= 15 is 0 Å². The van der Waals surface area contributed by atoms with Gasteiger partial charge < -0.3 is 10.4 Å². The van der Waals surface area contributed by atoms with Crippen LogP contribution in [-0.2, 0) is 6.42 Å². The number of carbonyl (C=O) groups is 1. The molecular formula is C12H18N2O2S. The summed E-state index contributed by atoms with van der Waals surface area (Å²) in [5, 5.41) is 12.2. The Morgan fingerprint density at radius 1 is 1.59 bits per heavy atom. The van der Waals surface area contributed by atoms with Gasteiger partial charge in [-0.1, -0.05) is 6.92 Å². The van der Waals surface area contributed by atoms with Crippen LogP contribution >= 0.6 is 11.8 Å². The van der Waals surface area contributed by atoms with E-state index < -0.39 is 5.97 Å². The molecule has 0 radical (unpaired) electrons. The molecule has 94 valence electrons. The number of nitrogens with zero attached hydrogens (tertiary/aromatic N) is 1. The molecule has 1 unspecified atom stereocenters. The zero-order chi connectivity index (χ0) is 12.8. The fraction of sp³-hybridized carbons (Fsp3) is 0.500. The molecule has 17 heavy (non-hydrogen) atoms. The molecule has 1 heterocycles. The summed E-state index contributed by atoms with van der Waals surface area (Å²) in [4.78, 5) is 15.3. The second-order valence-electron chi connectivity index (χ2n) is 3.89. The van der Waals surface area contributed by atoms with Crippen LogP contribution in [0.4, 0.5) is 5.82 Å². The molecule has 2 N–H and O–H groups in total. The van der Waals surface area contributed by atoms with Gasteiger partial charge in [-0.15, -0.1) is 0 Å². The van der Waals surface area contributed by atoms with Crippen molar-refractivity contribution in [3.63, 3.8) is 0 Å². The number of thioether (sulfide) groups is 1. The zero-order valence-corrected chi connectivity index (χ0v) is 11.2. The van der Waals surface area contributed by atoms with Gasteiger partial charge in [0.2, 0.25) is 0 Å². The van der Waals surface area contributed by atoms with Crippen molar-refractivity contribution in [2.75, 3.05) is 17.3 Å². The molecule has 0 amide bonds. The summed E-state index contributed by atoms with van der Waals surface area (Å²) >= 11 is 1.74. The predicted molar refractivity (Wildman–Crippen MR) is 72.0 cm³/mol. The lowest BCUT2D eigenvalue weighted by atomic mass is 10.2. The van der Waals surface area contributed by atoms with E-state index in [1.54, 1.807) is 23.9 Å². The van der Waals surface area contributed by atoms with Gasteiger partial charge in [0.1, 0.15) is 5.82 Å². The summed E-state index contributed by atoms with van der Waals surface area (Å²) in [6.45, 7) is 4.01. The molecule has 0 fully saturated rings. The number of aromatic nitrogens is 1. The Hall–Kier alpha value is -1.23. The van der Waals surface area contributed by atoms with Crippen molar-refractivity contribution in [2.24, 2.45) is 0 Å². The van der Waals surface area contributed by atoms with Gasteiger partial charge in [0, 0.05) is 17.5 Å². The molecular weight excluding hydrogens is 236 g/mol. The average molecular weight is 254 g/mol. The topological polar surface area (TPSA) is 62.2 Å². The number of pyridine rings is 1. The molecule has 1 aromatic heterocycles. The minimum atomic E-state index is -0.914. The van der Waals surface area contributed by atoms with Gasteiger partial charge >= 0.3 is 5.97 Å². The Kier molecular flexibility index (Phi) is 5.28. The minimum Gasteiger partial charge on any atom is -0.478 e. The van der Waals surface area contributed by atoms with Crippen LogP contribution in [0.1, 0.15) is 29.9 Å². The normalized spacial score (nSPS) is 12.2. The third-order valence-electron chi connectivity index (χ3n) is 2.30. The van der Waals surface area contributed by atoms with E-state index in [4.69, 9.17) is 5.11 Å². The molecule has 0 aliphatic heterocycles. The summed E-state index contributed by atoms with van der Waals surface area (Å²) in [6.07, 6.45) is 2.77. The van der Waals surface area contributed by atoms with Crippen molar-refractivity contribution in [3.05, 3.63) is 23.4 Å². The van der Waals surface area contributed by atoms with E-state index in [1.165, 1.54) is 0 Å². The molecule has 0 aliphatic carbocycles. The standard InChI is InChI=1S/C12H18N2O2S/c1-4-10-5-9(12(15)16)6-11(14-10)13-8(2)7-17-3/h5-6,8H,4,7H2,1-3H3,(H,13,14)(H,15,16). The molecule has 0 bridgehead atoms. The molecule has 1 rings (SSSR count). The monoisotopic (exact) mass is 254 g/mol. The zero-order valence-electron chi connectivity index (χ0n) is 10.4. The average Bonchev–Trinajstić information content (AvgIpc) is 2.28. The van der Waals surface area contributed by atoms with Crippen molar-refractivity contribution < 1.29 is 9.90 Å². The van der Waals surface area contributed by atoms with Crippen LogP contribution in [0.2, 0.25) is 0 Å². The maximum atomic E-state index is 11.0. The molecule has 5 heteroatoms. The third-order valence-corrected chi connectivity index (χ3v) is 3.13. The van der Waals surface area contributed by atoms with E-state index in [9.17, 15) is 4.79 Å². The van der Waals surface area contributed by atoms with Gasteiger partial charge in [-0.2, -0.15) is 11.8 Å².